The van der Waals surface area contributed by atoms with Crippen LogP contribution in [-0.4, -0.2) is 40.4 Å². The summed E-state index contributed by atoms with van der Waals surface area (Å²) >= 11 is 0. The minimum Gasteiger partial charge on any atom is -0.378 e. The second-order valence-corrected chi connectivity index (χ2v) is 7.45. The van der Waals surface area contributed by atoms with E-state index in [9.17, 15) is 0 Å². The highest BCUT2D eigenvalue weighted by Gasteiger charge is 2.23. The zero-order valence-corrected chi connectivity index (χ0v) is 16.9. The van der Waals surface area contributed by atoms with Crippen LogP contribution >= 0.6 is 0 Å². The van der Waals surface area contributed by atoms with E-state index in [1.165, 1.54) is 33.5 Å². The average molecular weight is 375 g/mol. The van der Waals surface area contributed by atoms with Crippen molar-refractivity contribution in [3.63, 3.8) is 0 Å². The molecule has 0 aliphatic carbocycles. The van der Waals surface area contributed by atoms with Gasteiger partial charge in [0.25, 0.3) is 5.82 Å². The monoisotopic (exact) mass is 374 g/mol. The van der Waals surface area contributed by atoms with E-state index in [1.54, 1.807) is 0 Å². The van der Waals surface area contributed by atoms with Gasteiger partial charge in [0, 0.05) is 31.2 Å². The Bertz CT molecular complexity index is 987. The molecule has 3 aromatic rings. The van der Waals surface area contributed by atoms with Gasteiger partial charge in [0.1, 0.15) is 18.6 Å². The van der Waals surface area contributed by atoms with Gasteiger partial charge in [0.05, 0.1) is 20.3 Å². The maximum atomic E-state index is 5.54. The Kier molecular flexibility index (Phi) is 5.31. The number of hydrogen-bond acceptors (Lipinski definition) is 3. The first-order valence-electron chi connectivity index (χ1n) is 9.83. The molecule has 1 aliphatic heterocycles. The number of fused-ring (bicyclic) bond motifs is 1. The molecule has 0 N–H and O–H groups in total. The number of ether oxygens (including phenoxy) is 1. The zero-order chi connectivity index (χ0) is 19.5. The number of para-hydroxylation sites is 1. The standard InChI is InChI=1S/C24H28N3O/c1-25(2)21-12-9-19(10-13-21)8-11-20-18-24(27-14-16-28-17-15-27)26(3)23-7-5-4-6-22(20)23/h4-13,18H,14-17H2,1-3H3/q+1. The number of aromatic nitrogens is 1. The van der Waals surface area contributed by atoms with Crippen molar-refractivity contribution in [2.24, 2.45) is 7.05 Å². The number of morpholine rings is 1. The molecule has 0 saturated carbocycles. The van der Waals surface area contributed by atoms with Gasteiger partial charge in [-0.25, -0.2) is 4.57 Å². The second-order valence-electron chi connectivity index (χ2n) is 7.45. The lowest BCUT2D eigenvalue weighted by Gasteiger charge is -2.24. The van der Waals surface area contributed by atoms with E-state index >= 15 is 0 Å². The Morgan fingerprint density at radius 3 is 2.39 bits per heavy atom. The van der Waals surface area contributed by atoms with Crippen LogP contribution in [0.25, 0.3) is 23.1 Å². The van der Waals surface area contributed by atoms with E-state index in [4.69, 9.17) is 4.74 Å². The predicted molar refractivity (Wildman–Crippen MR) is 118 cm³/mol. The van der Waals surface area contributed by atoms with Crippen molar-refractivity contribution in [1.82, 2.24) is 0 Å². The van der Waals surface area contributed by atoms with Gasteiger partial charge in [0.2, 0.25) is 0 Å². The van der Waals surface area contributed by atoms with Crippen molar-refractivity contribution in [2.75, 3.05) is 50.2 Å². The van der Waals surface area contributed by atoms with E-state index in [0.717, 1.165) is 26.3 Å². The van der Waals surface area contributed by atoms with Crippen molar-refractivity contribution >= 4 is 34.6 Å². The summed E-state index contributed by atoms with van der Waals surface area (Å²) in [6.45, 7) is 3.44. The van der Waals surface area contributed by atoms with Crippen LogP contribution in [0, 0.1) is 0 Å². The normalized spacial score (nSPS) is 14.8. The van der Waals surface area contributed by atoms with E-state index in [1.807, 2.05) is 0 Å². The Morgan fingerprint density at radius 2 is 1.68 bits per heavy atom. The summed E-state index contributed by atoms with van der Waals surface area (Å²) in [5.74, 6) is 1.24. The summed E-state index contributed by atoms with van der Waals surface area (Å²) in [7, 11) is 6.28. The zero-order valence-electron chi connectivity index (χ0n) is 16.9. The predicted octanol–water partition coefficient (Wildman–Crippen LogP) is 3.74. The van der Waals surface area contributed by atoms with Crippen LogP contribution in [0.4, 0.5) is 11.5 Å². The summed E-state index contributed by atoms with van der Waals surface area (Å²) in [6.07, 6.45) is 4.43. The Morgan fingerprint density at radius 1 is 0.964 bits per heavy atom. The summed E-state index contributed by atoms with van der Waals surface area (Å²) in [5.41, 5.74) is 4.90. The highest BCUT2D eigenvalue weighted by molar-refractivity contribution is 5.90. The number of hydrogen-bond donors (Lipinski definition) is 0. The number of anilines is 2. The third-order valence-electron chi connectivity index (χ3n) is 5.40. The van der Waals surface area contributed by atoms with Gasteiger partial charge in [-0.3, -0.25) is 4.90 Å². The first kappa shape index (κ1) is 18.5. The van der Waals surface area contributed by atoms with Crippen LogP contribution in [-0.2, 0) is 11.8 Å². The van der Waals surface area contributed by atoms with Crippen molar-refractivity contribution < 1.29 is 9.30 Å². The minimum atomic E-state index is 0.788. The maximum Gasteiger partial charge on any atom is 0.277 e. The summed E-state index contributed by atoms with van der Waals surface area (Å²) in [6, 6.07) is 19.6. The van der Waals surface area contributed by atoms with Gasteiger partial charge in [-0.2, -0.15) is 0 Å². The van der Waals surface area contributed by atoms with E-state index in [0.29, 0.717) is 0 Å². The minimum absolute atomic E-state index is 0.788. The highest BCUT2D eigenvalue weighted by atomic mass is 16.5. The fraction of sp³-hybridized carbons (Fsp3) is 0.292. The third-order valence-corrected chi connectivity index (χ3v) is 5.40. The molecule has 1 saturated heterocycles. The molecule has 0 bridgehead atoms. The van der Waals surface area contributed by atoms with Crippen molar-refractivity contribution in [2.45, 2.75) is 0 Å². The van der Waals surface area contributed by atoms with Gasteiger partial charge in [-0.05, 0) is 29.3 Å². The average Bonchev–Trinajstić information content (AvgIpc) is 2.74. The van der Waals surface area contributed by atoms with E-state index in [2.05, 4.69) is 102 Å². The highest BCUT2D eigenvalue weighted by Crippen LogP contribution is 2.24. The fourth-order valence-corrected chi connectivity index (χ4v) is 3.75. The Hall–Kier alpha value is -2.85. The number of aryl methyl sites for hydroxylation is 1. The van der Waals surface area contributed by atoms with Crippen LogP contribution in [0.5, 0.6) is 0 Å². The summed E-state index contributed by atoms with van der Waals surface area (Å²) in [5, 5.41) is 1.27. The molecule has 0 unspecified atom stereocenters. The van der Waals surface area contributed by atoms with Crippen LogP contribution in [0.1, 0.15) is 11.1 Å². The molecule has 1 aliphatic rings. The Labute approximate surface area is 167 Å². The fourth-order valence-electron chi connectivity index (χ4n) is 3.75. The van der Waals surface area contributed by atoms with Gasteiger partial charge in [-0.1, -0.05) is 42.5 Å². The molecule has 1 aromatic heterocycles. The first-order valence-corrected chi connectivity index (χ1v) is 9.83. The molecule has 144 valence electrons. The third kappa shape index (κ3) is 3.73. The molecule has 0 radical (unpaired) electrons. The van der Waals surface area contributed by atoms with Crippen LogP contribution in [0.3, 0.4) is 0 Å². The number of nitrogens with zero attached hydrogens (tertiary/aromatic N) is 3. The first-order chi connectivity index (χ1) is 13.6. The number of rotatable bonds is 4. The topological polar surface area (TPSA) is 19.6 Å². The molecule has 2 aromatic carbocycles. The lowest BCUT2D eigenvalue weighted by molar-refractivity contribution is -0.632. The van der Waals surface area contributed by atoms with Crippen LogP contribution in [0.2, 0.25) is 0 Å². The van der Waals surface area contributed by atoms with Gasteiger partial charge < -0.3 is 9.64 Å². The quantitative estimate of drug-likeness (QED) is 0.649. The second kappa shape index (κ2) is 8.03. The van der Waals surface area contributed by atoms with Gasteiger partial charge in [-0.15, -0.1) is 0 Å². The smallest absolute Gasteiger partial charge is 0.277 e. The number of pyridine rings is 1. The molecule has 4 heteroatoms. The molecule has 0 spiro atoms. The van der Waals surface area contributed by atoms with E-state index < -0.39 is 0 Å². The molecule has 0 amide bonds. The number of benzene rings is 2. The summed E-state index contributed by atoms with van der Waals surface area (Å²) < 4.78 is 7.84. The van der Waals surface area contributed by atoms with E-state index in [-0.39, 0.29) is 0 Å². The molecule has 4 nitrogen and oxygen atoms in total. The molecule has 28 heavy (non-hydrogen) atoms. The van der Waals surface area contributed by atoms with Crippen molar-refractivity contribution in [1.29, 1.82) is 0 Å². The molecule has 4 rings (SSSR count). The lowest BCUT2D eigenvalue weighted by atomic mass is 10.1. The summed E-state index contributed by atoms with van der Waals surface area (Å²) in [4.78, 5) is 4.53. The van der Waals surface area contributed by atoms with Crippen LogP contribution < -0.4 is 14.4 Å². The Balaban J connectivity index is 1.73. The van der Waals surface area contributed by atoms with Gasteiger partial charge in [0.15, 0.2) is 0 Å². The van der Waals surface area contributed by atoms with Crippen LogP contribution in [0.15, 0.2) is 54.6 Å². The molecule has 2 heterocycles. The van der Waals surface area contributed by atoms with Crippen molar-refractivity contribution in [3.8, 4) is 0 Å². The maximum absolute atomic E-state index is 5.54. The molecule has 0 atom stereocenters. The largest absolute Gasteiger partial charge is 0.378 e. The van der Waals surface area contributed by atoms with Gasteiger partial charge >= 0.3 is 0 Å². The van der Waals surface area contributed by atoms with Crippen molar-refractivity contribution in [3.05, 3.63) is 65.7 Å². The molecular weight excluding hydrogens is 346 g/mol. The molecule has 1 fully saturated rings. The lowest BCUT2D eigenvalue weighted by Crippen LogP contribution is -2.45. The molecular formula is C24H28N3O+. The SMILES string of the molecule is CN(C)c1ccc(/C=C/c2cc(N3CCOCC3)[n+](C)c3ccccc23)cc1.